The molecule has 56 heavy (non-hydrogen) atoms. The molecule has 3 aliphatic rings. The van der Waals surface area contributed by atoms with Crippen LogP contribution < -0.4 is 26.5 Å². The van der Waals surface area contributed by atoms with Crippen LogP contribution in [0.15, 0.2) is 66.0 Å². The van der Waals surface area contributed by atoms with Crippen molar-refractivity contribution in [3.05, 3.63) is 82.8 Å². The van der Waals surface area contributed by atoms with Crippen LogP contribution in [0.25, 0.3) is 22.1 Å². The van der Waals surface area contributed by atoms with E-state index in [0.29, 0.717) is 64.2 Å². The minimum absolute atomic E-state index is 0.0863. The molecule has 8 rings (SSSR count). The normalized spacial score (nSPS) is 18.3. The lowest BCUT2D eigenvalue weighted by Crippen LogP contribution is -2.59. The van der Waals surface area contributed by atoms with Crippen molar-refractivity contribution in [2.75, 3.05) is 57.3 Å². The molecule has 0 aliphatic carbocycles. The van der Waals surface area contributed by atoms with Crippen molar-refractivity contribution in [2.45, 2.75) is 63.6 Å². The van der Waals surface area contributed by atoms with Crippen molar-refractivity contribution < 1.29 is 14.4 Å². The number of aromatic amines is 2. The number of benzene rings is 1. The number of carbonyl (C=O) groups excluding carboxylic acids is 3. The van der Waals surface area contributed by atoms with Crippen molar-refractivity contribution in [1.82, 2.24) is 55.5 Å². The van der Waals surface area contributed by atoms with E-state index >= 15 is 0 Å². The van der Waals surface area contributed by atoms with E-state index in [1.165, 1.54) is 0 Å². The SMILES string of the molecule is Cc1cc(C[C@@H](NC(=O)N2CCC(n3c(=O)[nH]c4ncccc43)CC2)C(=O)N[C@@H](CC2CCNCC2)C(=O)N2CCN(c3ccncc3)CC2)cc2cn[nH]c12. The van der Waals surface area contributed by atoms with E-state index in [9.17, 15) is 19.2 Å². The maximum absolute atomic E-state index is 14.5. The van der Waals surface area contributed by atoms with Crippen molar-refractivity contribution in [2.24, 2.45) is 5.92 Å². The fourth-order valence-corrected chi connectivity index (χ4v) is 8.67. The number of imidazole rings is 1. The monoisotopic (exact) mass is 762 g/mol. The number of nitrogens with zero attached hydrogens (tertiary/aromatic N) is 7. The number of piperazine rings is 1. The van der Waals surface area contributed by atoms with E-state index in [-0.39, 0.29) is 36.0 Å². The number of hydrogen-bond donors (Lipinski definition) is 5. The molecule has 0 saturated carbocycles. The molecular weight excluding hydrogens is 713 g/mol. The Morgan fingerprint density at radius 2 is 1.66 bits per heavy atom. The predicted molar refractivity (Wildman–Crippen MR) is 212 cm³/mol. The Labute approximate surface area is 324 Å². The average Bonchev–Trinajstić information content (AvgIpc) is 3.85. The largest absolute Gasteiger partial charge is 0.368 e. The van der Waals surface area contributed by atoms with Crippen molar-refractivity contribution >= 4 is 45.6 Å². The van der Waals surface area contributed by atoms with Crippen LogP contribution in [0.4, 0.5) is 10.5 Å². The Morgan fingerprint density at radius 3 is 2.43 bits per heavy atom. The molecule has 7 heterocycles. The Hall–Kier alpha value is -5.77. The quantitative estimate of drug-likeness (QED) is 0.142. The Bertz CT molecular complexity index is 2210. The highest BCUT2D eigenvalue weighted by Crippen LogP contribution is 2.26. The van der Waals surface area contributed by atoms with Gasteiger partial charge in [0.15, 0.2) is 5.65 Å². The first-order valence-corrected chi connectivity index (χ1v) is 19.8. The first kappa shape index (κ1) is 37.2. The fraction of sp³-hybridized carbons (Fsp3) is 0.475. The van der Waals surface area contributed by atoms with Crippen LogP contribution in [0.5, 0.6) is 0 Å². The van der Waals surface area contributed by atoms with Gasteiger partial charge in [-0.2, -0.15) is 5.10 Å². The number of aryl methyl sites for hydroxylation is 1. The molecule has 0 radical (unpaired) electrons. The first-order valence-electron chi connectivity index (χ1n) is 19.8. The zero-order valence-corrected chi connectivity index (χ0v) is 31.7. The highest BCUT2D eigenvalue weighted by atomic mass is 16.2. The standard InChI is InChI=1S/C40H50N12O4/c1-26-21-28(22-29-25-44-48-35(26)29)24-32(46-39(55)51-15-8-31(9-16-51)52-34-3-2-10-43-36(34)47-40(52)56)37(53)45-33(23-27-4-11-41-12-5-27)38(54)50-19-17-49(18-20-50)30-6-13-42-14-7-30/h2-3,6-7,10,13-14,21-22,25,27,31-33,41H,4-5,8-9,11-12,15-20,23-24H2,1H3,(H,44,48)(H,45,53)(H,46,55)(H,43,47,56)/t32-,33+/m1/s1. The number of anilines is 1. The molecule has 3 saturated heterocycles. The molecule has 1 aromatic carbocycles. The fourth-order valence-electron chi connectivity index (χ4n) is 8.67. The molecule has 3 fully saturated rings. The minimum atomic E-state index is -0.946. The summed E-state index contributed by atoms with van der Waals surface area (Å²) in [6.45, 7) is 7.00. The summed E-state index contributed by atoms with van der Waals surface area (Å²) in [7, 11) is 0. The van der Waals surface area contributed by atoms with E-state index < -0.39 is 18.0 Å². The number of urea groups is 1. The average molecular weight is 763 g/mol. The summed E-state index contributed by atoms with van der Waals surface area (Å²) in [6.07, 6.45) is 10.7. The zero-order valence-electron chi connectivity index (χ0n) is 31.7. The van der Waals surface area contributed by atoms with Crippen molar-refractivity contribution in [3.63, 3.8) is 0 Å². The van der Waals surface area contributed by atoms with Gasteiger partial charge >= 0.3 is 11.7 Å². The number of aromatic nitrogens is 6. The lowest BCUT2D eigenvalue weighted by atomic mass is 9.90. The second-order valence-corrected chi connectivity index (χ2v) is 15.4. The van der Waals surface area contributed by atoms with Gasteiger partial charge in [-0.3, -0.25) is 29.2 Å². The molecule has 16 heteroatoms. The zero-order chi connectivity index (χ0) is 38.6. The minimum Gasteiger partial charge on any atom is -0.368 e. The maximum Gasteiger partial charge on any atom is 0.327 e. The molecule has 16 nitrogen and oxygen atoms in total. The number of fused-ring (bicyclic) bond motifs is 2. The molecular formula is C40H50N12O4. The number of nitrogens with one attached hydrogen (secondary N) is 5. The Morgan fingerprint density at radius 1 is 0.893 bits per heavy atom. The van der Waals surface area contributed by atoms with Gasteiger partial charge in [-0.15, -0.1) is 0 Å². The predicted octanol–water partition coefficient (Wildman–Crippen LogP) is 2.49. The van der Waals surface area contributed by atoms with Crippen LogP contribution in [0, 0.1) is 12.8 Å². The third-order valence-corrected chi connectivity index (χ3v) is 11.7. The van der Waals surface area contributed by atoms with E-state index in [0.717, 1.165) is 59.2 Å². The number of pyridine rings is 2. The molecule has 2 atom stereocenters. The summed E-state index contributed by atoms with van der Waals surface area (Å²) >= 11 is 0. The Balaban J connectivity index is 0.989. The van der Waals surface area contributed by atoms with E-state index in [4.69, 9.17) is 0 Å². The molecule has 0 unspecified atom stereocenters. The number of piperidine rings is 2. The molecule has 4 aromatic heterocycles. The third kappa shape index (κ3) is 8.10. The number of likely N-dealkylation sites (tertiary alicyclic amines) is 1. The number of H-pyrrole nitrogens is 2. The van der Waals surface area contributed by atoms with Gasteiger partial charge in [0.2, 0.25) is 11.8 Å². The maximum atomic E-state index is 14.5. The van der Waals surface area contributed by atoms with Gasteiger partial charge in [-0.25, -0.2) is 14.6 Å². The lowest BCUT2D eigenvalue weighted by molar-refractivity contribution is -0.137. The van der Waals surface area contributed by atoms with Gasteiger partial charge < -0.3 is 30.7 Å². The summed E-state index contributed by atoms with van der Waals surface area (Å²) in [5.74, 6) is -0.194. The van der Waals surface area contributed by atoms with Gasteiger partial charge in [-0.1, -0.05) is 6.07 Å². The van der Waals surface area contributed by atoms with Gasteiger partial charge in [0.25, 0.3) is 0 Å². The summed E-state index contributed by atoms with van der Waals surface area (Å²) in [4.78, 5) is 72.7. The van der Waals surface area contributed by atoms with E-state index in [1.54, 1.807) is 40.3 Å². The topological polar surface area (TPSA) is 189 Å². The van der Waals surface area contributed by atoms with Gasteiger partial charge in [-0.05, 0) is 99.5 Å². The second kappa shape index (κ2) is 16.5. The molecule has 4 amide bonds. The molecule has 0 spiro atoms. The third-order valence-electron chi connectivity index (χ3n) is 11.7. The van der Waals surface area contributed by atoms with Crippen LogP contribution in [-0.4, -0.2) is 122 Å². The molecule has 3 aliphatic heterocycles. The van der Waals surface area contributed by atoms with Crippen LogP contribution in [0.1, 0.15) is 49.3 Å². The summed E-state index contributed by atoms with van der Waals surface area (Å²) in [6, 6.07) is 9.49. The van der Waals surface area contributed by atoms with E-state index in [2.05, 4.69) is 46.0 Å². The number of amides is 4. The van der Waals surface area contributed by atoms with Crippen LogP contribution in [-0.2, 0) is 16.0 Å². The van der Waals surface area contributed by atoms with Gasteiger partial charge in [0, 0.05) is 81.4 Å². The lowest BCUT2D eigenvalue weighted by Gasteiger charge is -2.38. The number of carbonyl (C=O) groups is 3. The second-order valence-electron chi connectivity index (χ2n) is 15.4. The summed E-state index contributed by atoms with van der Waals surface area (Å²) < 4.78 is 1.74. The van der Waals surface area contributed by atoms with Crippen LogP contribution >= 0.6 is 0 Å². The van der Waals surface area contributed by atoms with Crippen molar-refractivity contribution in [1.29, 1.82) is 0 Å². The van der Waals surface area contributed by atoms with Crippen molar-refractivity contribution in [3.8, 4) is 0 Å². The molecule has 294 valence electrons. The highest BCUT2D eigenvalue weighted by Gasteiger charge is 2.35. The van der Waals surface area contributed by atoms with Gasteiger partial charge in [0.1, 0.15) is 12.1 Å². The number of rotatable bonds is 10. The van der Waals surface area contributed by atoms with Crippen LogP contribution in [0.3, 0.4) is 0 Å². The highest BCUT2D eigenvalue weighted by molar-refractivity contribution is 5.92. The first-order chi connectivity index (χ1) is 27.3. The summed E-state index contributed by atoms with van der Waals surface area (Å²) in [5, 5.41) is 17.8. The summed E-state index contributed by atoms with van der Waals surface area (Å²) in [5.41, 5.74) is 4.91. The van der Waals surface area contributed by atoms with Gasteiger partial charge in [0.05, 0.1) is 17.2 Å². The Kier molecular flexibility index (Phi) is 11.0. The smallest absolute Gasteiger partial charge is 0.327 e. The van der Waals surface area contributed by atoms with E-state index in [1.807, 2.05) is 42.2 Å². The molecule has 5 aromatic rings. The number of hydrogen-bond acceptors (Lipinski definition) is 9. The molecule has 5 N–H and O–H groups in total. The van der Waals surface area contributed by atoms with Crippen LogP contribution in [0.2, 0.25) is 0 Å². The molecule has 0 bridgehead atoms.